The molecule has 1 aliphatic rings. The molecular formula is C22H25ClN4O2. The van der Waals surface area contributed by atoms with Gasteiger partial charge >= 0.3 is 0 Å². The number of benzene rings is 1. The number of H-pyrrole nitrogens is 1. The predicted molar refractivity (Wildman–Crippen MR) is 114 cm³/mol. The first-order valence-electron chi connectivity index (χ1n) is 9.95. The highest BCUT2D eigenvalue weighted by Gasteiger charge is 2.19. The summed E-state index contributed by atoms with van der Waals surface area (Å²) in [5, 5.41) is 1.63. The average Bonchev–Trinajstić information content (AvgIpc) is 3.17. The number of amides is 1. The summed E-state index contributed by atoms with van der Waals surface area (Å²) in [6.45, 7) is 5.71. The molecule has 4 rings (SSSR count). The van der Waals surface area contributed by atoms with E-state index in [4.69, 9.17) is 16.3 Å². The maximum Gasteiger partial charge on any atom is 0.270 e. The SMILES string of the molecule is O=C(c1cc2ccc(Cl)cc2[nH]1)N(CCCN1CCOCC1)Cc1ccncc1. The fourth-order valence-corrected chi connectivity index (χ4v) is 3.83. The molecule has 7 heteroatoms. The third-order valence-corrected chi connectivity index (χ3v) is 5.47. The van der Waals surface area contributed by atoms with Crippen molar-refractivity contribution >= 4 is 28.4 Å². The van der Waals surface area contributed by atoms with Gasteiger partial charge in [-0.15, -0.1) is 0 Å². The average molecular weight is 413 g/mol. The number of morpholine rings is 1. The molecule has 1 aliphatic heterocycles. The molecule has 1 saturated heterocycles. The molecule has 0 saturated carbocycles. The zero-order valence-corrected chi connectivity index (χ0v) is 17.1. The number of aromatic nitrogens is 2. The van der Waals surface area contributed by atoms with Gasteiger partial charge in [0.15, 0.2) is 0 Å². The maximum absolute atomic E-state index is 13.3. The Morgan fingerprint density at radius 2 is 1.97 bits per heavy atom. The molecule has 3 aromatic rings. The van der Waals surface area contributed by atoms with E-state index in [1.54, 1.807) is 12.4 Å². The van der Waals surface area contributed by atoms with Crippen LogP contribution in [0, 0.1) is 0 Å². The van der Waals surface area contributed by atoms with E-state index >= 15 is 0 Å². The van der Waals surface area contributed by atoms with E-state index in [1.807, 2.05) is 41.3 Å². The van der Waals surface area contributed by atoms with Gasteiger partial charge in [0.2, 0.25) is 0 Å². The standard InChI is InChI=1S/C22H25ClN4O2/c23-19-3-2-18-14-21(25-20(18)15-19)22(28)27(16-17-4-6-24-7-5-17)9-1-8-26-10-12-29-13-11-26/h2-7,14-15,25H,1,8-13,16H2. The van der Waals surface area contributed by atoms with Crippen LogP contribution in [-0.4, -0.2) is 65.1 Å². The van der Waals surface area contributed by atoms with Gasteiger partial charge in [0.05, 0.1) is 13.2 Å². The first-order chi connectivity index (χ1) is 14.2. The molecule has 0 bridgehead atoms. The normalized spacial score (nSPS) is 14.9. The van der Waals surface area contributed by atoms with Gasteiger partial charge in [0.1, 0.15) is 5.69 Å². The number of carbonyl (C=O) groups is 1. The van der Waals surface area contributed by atoms with E-state index in [1.165, 1.54) is 0 Å². The third kappa shape index (κ3) is 5.15. The third-order valence-electron chi connectivity index (χ3n) is 5.23. The number of nitrogens with one attached hydrogen (secondary N) is 1. The van der Waals surface area contributed by atoms with Crippen molar-refractivity contribution in [3.63, 3.8) is 0 Å². The van der Waals surface area contributed by atoms with E-state index in [0.717, 1.165) is 55.7 Å². The number of carbonyl (C=O) groups excluding carboxylic acids is 1. The first kappa shape index (κ1) is 19.9. The van der Waals surface area contributed by atoms with Gasteiger partial charge in [0.25, 0.3) is 5.91 Å². The second-order valence-electron chi connectivity index (χ2n) is 7.30. The zero-order chi connectivity index (χ0) is 20.1. The van der Waals surface area contributed by atoms with Gasteiger partial charge in [-0.05, 0) is 42.3 Å². The van der Waals surface area contributed by atoms with Gasteiger partial charge in [-0.2, -0.15) is 0 Å². The second kappa shape index (κ2) is 9.39. The van der Waals surface area contributed by atoms with E-state index < -0.39 is 0 Å². The zero-order valence-electron chi connectivity index (χ0n) is 16.3. The minimum absolute atomic E-state index is 0.00360. The molecule has 2 aromatic heterocycles. The second-order valence-corrected chi connectivity index (χ2v) is 7.74. The molecule has 0 aliphatic carbocycles. The van der Waals surface area contributed by atoms with Crippen LogP contribution in [0.1, 0.15) is 22.5 Å². The Balaban J connectivity index is 1.48. The lowest BCUT2D eigenvalue weighted by atomic mass is 10.2. The Morgan fingerprint density at radius 3 is 2.76 bits per heavy atom. The Morgan fingerprint density at radius 1 is 1.17 bits per heavy atom. The molecule has 1 aromatic carbocycles. The van der Waals surface area contributed by atoms with E-state index in [2.05, 4.69) is 14.9 Å². The smallest absolute Gasteiger partial charge is 0.270 e. The van der Waals surface area contributed by atoms with Gasteiger partial charge in [0, 0.05) is 61.0 Å². The van der Waals surface area contributed by atoms with Crippen LogP contribution in [0.25, 0.3) is 10.9 Å². The summed E-state index contributed by atoms with van der Waals surface area (Å²) in [5.74, 6) is -0.00360. The minimum Gasteiger partial charge on any atom is -0.379 e. The van der Waals surface area contributed by atoms with Crippen LogP contribution in [0.5, 0.6) is 0 Å². The number of ether oxygens (including phenoxy) is 1. The first-order valence-corrected chi connectivity index (χ1v) is 10.3. The van der Waals surface area contributed by atoms with Crippen LogP contribution in [-0.2, 0) is 11.3 Å². The summed E-state index contributed by atoms with van der Waals surface area (Å²) in [7, 11) is 0. The van der Waals surface area contributed by atoms with Crippen molar-refractivity contribution in [1.82, 2.24) is 19.8 Å². The molecular weight excluding hydrogens is 388 g/mol. The van der Waals surface area contributed by atoms with Crippen LogP contribution in [0.2, 0.25) is 5.02 Å². The van der Waals surface area contributed by atoms with Crippen LogP contribution in [0.3, 0.4) is 0 Å². The molecule has 1 fully saturated rings. The van der Waals surface area contributed by atoms with Gasteiger partial charge < -0.3 is 14.6 Å². The van der Waals surface area contributed by atoms with Gasteiger partial charge in [-0.3, -0.25) is 14.7 Å². The van der Waals surface area contributed by atoms with Crippen molar-refractivity contribution in [1.29, 1.82) is 0 Å². The van der Waals surface area contributed by atoms with Crippen LogP contribution < -0.4 is 0 Å². The lowest BCUT2D eigenvalue weighted by molar-refractivity contribution is 0.0355. The summed E-state index contributed by atoms with van der Waals surface area (Å²) >= 11 is 6.08. The van der Waals surface area contributed by atoms with Crippen LogP contribution >= 0.6 is 11.6 Å². The Bertz CT molecular complexity index is 954. The minimum atomic E-state index is -0.00360. The van der Waals surface area contributed by atoms with Gasteiger partial charge in [-0.1, -0.05) is 17.7 Å². The highest BCUT2D eigenvalue weighted by Crippen LogP contribution is 2.21. The fourth-order valence-electron chi connectivity index (χ4n) is 3.66. The lowest BCUT2D eigenvalue weighted by Crippen LogP contribution is -2.39. The molecule has 6 nitrogen and oxygen atoms in total. The number of halogens is 1. The predicted octanol–water partition coefficient (Wildman–Crippen LogP) is 3.58. The molecule has 29 heavy (non-hydrogen) atoms. The van der Waals surface area contributed by atoms with Crippen molar-refractivity contribution < 1.29 is 9.53 Å². The molecule has 0 spiro atoms. The monoisotopic (exact) mass is 412 g/mol. The summed E-state index contributed by atoms with van der Waals surface area (Å²) < 4.78 is 5.41. The molecule has 0 unspecified atom stereocenters. The van der Waals surface area contributed by atoms with E-state index in [0.29, 0.717) is 23.8 Å². The number of nitrogens with zero attached hydrogens (tertiary/aromatic N) is 3. The van der Waals surface area contributed by atoms with Crippen LogP contribution in [0.15, 0.2) is 48.8 Å². The maximum atomic E-state index is 13.3. The Kier molecular flexibility index (Phi) is 6.44. The van der Waals surface area contributed by atoms with E-state index in [9.17, 15) is 4.79 Å². The quantitative estimate of drug-likeness (QED) is 0.644. The summed E-state index contributed by atoms with van der Waals surface area (Å²) in [6.07, 6.45) is 4.44. The number of rotatable bonds is 7. The van der Waals surface area contributed by atoms with Crippen molar-refractivity contribution in [2.24, 2.45) is 0 Å². The van der Waals surface area contributed by atoms with Crippen molar-refractivity contribution in [3.05, 3.63) is 65.1 Å². The highest BCUT2D eigenvalue weighted by atomic mass is 35.5. The van der Waals surface area contributed by atoms with E-state index in [-0.39, 0.29) is 5.91 Å². The fraction of sp³-hybridized carbons (Fsp3) is 0.364. The van der Waals surface area contributed by atoms with Crippen molar-refractivity contribution in [2.45, 2.75) is 13.0 Å². The number of hydrogen-bond donors (Lipinski definition) is 1. The number of fused-ring (bicyclic) bond motifs is 1. The molecule has 152 valence electrons. The summed E-state index contributed by atoms with van der Waals surface area (Å²) in [4.78, 5) is 24.9. The topological polar surface area (TPSA) is 61.5 Å². The number of pyridine rings is 1. The summed E-state index contributed by atoms with van der Waals surface area (Å²) in [6, 6.07) is 11.4. The lowest BCUT2D eigenvalue weighted by Gasteiger charge is -2.28. The van der Waals surface area contributed by atoms with Crippen molar-refractivity contribution in [3.8, 4) is 0 Å². The number of hydrogen-bond acceptors (Lipinski definition) is 4. The molecule has 1 amide bonds. The highest BCUT2D eigenvalue weighted by molar-refractivity contribution is 6.31. The number of aromatic amines is 1. The molecule has 0 atom stereocenters. The van der Waals surface area contributed by atoms with Gasteiger partial charge in [-0.25, -0.2) is 0 Å². The Labute approximate surface area is 175 Å². The molecule has 1 N–H and O–H groups in total. The molecule has 0 radical (unpaired) electrons. The largest absolute Gasteiger partial charge is 0.379 e. The van der Waals surface area contributed by atoms with Crippen molar-refractivity contribution in [2.75, 3.05) is 39.4 Å². The summed E-state index contributed by atoms with van der Waals surface area (Å²) in [5.41, 5.74) is 2.53. The van der Waals surface area contributed by atoms with Crippen LogP contribution in [0.4, 0.5) is 0 Å². The Hall–Kier alpha value is -2.41. The molecule has 3 heterocycles.